The molecular formula is C21H19ClF2N4O2S. The van der Waals surface area contributed by atoms with Gasteiger partial charge >= 0.3 is 0 Å². The van der Waals surface area contributed by atoms with Gasteiger partial charge in [0.15, 0.2) is 0 Å². The van der Waals surface area contributed by atoms with Crippen LogP contribution in [-0.2, 0) is 10.0 Å². The molecule has 4 rings (SSSR count). The zero-order chi connectivity index (χ0) is 22.2. The lowest BCUT2D eigenvalue weighted by atomic mass is 9.92. The highest BCUT2D eigenvalue weighted by Gasteiger charge is 2.29. The fourth-order valence-corrected chi connectivity index (χ4v) is 5.05. The second kappa shape index (κ2) is 8.54. The Morgan fingerprint density at radius 1 is 1.26 bits per heavy atom. The molecule has 1 saturated carbocycles. The summed E-state index contributed by atoms with van der Waals surface area (Å²) in [5.74, 6) is 0. The maximum Gasteiger partial charge on any atom is 0.242 e. The second-order valence-corrected chi connectivity index (χ2v) is 9.61. The smallest absolute Gasteiger partial charge is 0.242 e. The molecule has 162 valence electrons. The van der Waals surface area contributed by atoms with Crippen LogP contribution in [0.2, 0.25) is 5.02 Å². The molecule has 3 aromatic rings. The molecule has 2 aromatic heterocycles. The van der Waals surface area contributed by atoms with E-state index in [-0.39, 0.29) is 10.9 Å². The van der Waals surface area contributed by atoms with E-state index in [2.05, 4.69) is 15.6 Å². The van der Waals surface area contributed by atoms with Crippen molar-refractivity contribution >= 4 is 32.5 Å². The Hall–Kier alpha value is -2.54. The Morgan fingerprint density at radius 2 is 2.00 bits per heavy atom. The molecule has 6 nitrogen and oxygen atoms in total. The minimum Gasteiger partial charge on any atom is -0.335 e. The normalized spacial score (nSPS) is 14.7. The molecule has 31 heavy (non-hydrogen) atoms. The van der Waals surface area contributed by atoms with Crippen LogP contribution in [0.15, 0.2) is 41.4 Å². The van der Waals surface area contributed by atoms with Crippen molar-refractivity contribution in [3.8, 4) is 17.5 Å². The molecule has 0 bridgehead atoms. The van der Waals surface area contributed by atoms with E-state index in [1.165, 1.54) is 12.1 Å². The van der Waals surface area contributed by atoms with Gasteiger partial charge in [-0.05, 0) is 49.6 Å². The van der Waals surface area contributed by atoms with Gasteiger partial charge in [-0.1, -0.05) is 11.6 Å². The molecule has 1 fully saturated rings. The van der Waals surface area contributed by atoms with Crippen LogP contribution in [0.4, 0.5) is 8.78 Å². The largest absolute Gasteiger partial charge is 0.335 e. The SMILES string of the molecule is N#Cc1c(-c2ccc(S(=O)(=O)NC(CF)CF)cn2)n(C2CCC2)c2cc(Cl)ccc12. The van der Waals surface area contributed by atoms with Gasteiger partial charge in [-0.2, -0.15) is 5.26 Å². The number of nitrogens with zero attached hydrogens (tertiary/aromatic N) is 3. The molecular weight excluding hydrogens is 446 g/mol. The first-order valence-electron chi connectivity index (χ1n) is 9.73. The van der Waals surface area contributed by atoms with Crippen molar-refractivity contribution in [2.45, 2.75) is 36.2 Å². The lowest BCUT2D eigenvalue weighted by molar-refractivity contribution is 0.324. The van der Waals surface area contributed by atoms with Crippen molar-refractivity contribution in [1.29, 1.82) is 5.26 Å². The maximum absolute atomic E-state index is 12.7. The lowest BCUT2D eigenvalue weighted by Crippen LogP contribution is -2.37. The van der Waals surface area contributed by atoms with Gasteiger partial charge in [-0.15, -0.1) is 0 Å². The number of alkyl halides is 2. The molecule has 1 aliphatic carbocycles. The maximum atomic E-state index is 12.7. The van der Waals surface area contributed by atoms with Crippen molar-refractivity contribution in [3.05, 3.63) is 47.1 Å². The Morgan fingerprint density at radius 3 is 2.55 bits per heavy atom. The molecule has 1 N–H and O–H groups in total. The van der Waals surface area contributed by atoms with Crippen molar-refractivity contribution in [2.24, 2.45) is 0 Å². The molecule has 0 aliphatic heterocycles. The summed E-state index contributed by atoms with van der Waals surface area (Å²) in [6, 6.07) is 9.15. The van der Waals surface area contributed by atoms with E-state index in [1.54, 1.807) is 12.1 Å². The highest BCUT2D eigenvalue weighted by Crippen LogP contribution is 2.42. The third-order valence-corrected chi connectivity index (χ3v) is 7.24. The number of hydrogen-bond donors (Lipinski definition) is 1. The molecule has 0 radical (unpaired) electrons. The van der Waals surface area contributed by atoms with Gasteiger partial charge < -0.3 is 4.57 Å². The summed E-state index contributed by atoms with van der Waals surface area (Å²) in [4.78, 5) is 4.08. The Labute approximate surface area is 183 Å². The van der Waals surface area contributed by atoms with Gasteiger partial charge in [0.1, 0.15) is 24.3 Å². The number of rotatable bonds is 7. The Kier molecular flexibility index (Phi) is 5.97. The van der Waals surface area contributed by atoms with Crippen LogP contribution < -0.4 is 4.72 Å². The van der Waals surface area contributed by atoms with Crippen LogP contribution >= 0.6 is 11.6 Å². The van der Waals surface area contributed by atoms with Crippen molar-refractivity contribution in [3.63, 3.8) is 0 Å². The van der Waals surface area contributed by atoms with Gasteiger partial charge in [0.05, 0.1) is 28.5 Å². The van der Waals surface area contributed by atoms with Crippen LogP contribution in [0.25, 0.3) is 22.3 Å². The van der Waals surface area contributed by atoms with Crippen LogP contribution in [0.1, 0.15) is 30.9 Å². The monoisotopic (exact) mass is 464 g/mol. The van der Waals surface area contributed by atoms with E-state index >= 15 is 0 Å². The van der Waals surface area contributed by atoms with Crippen molar-refractivity contribution < 1.29 is 17.2 Å². The Bertz CT molecular complexity index is 1260. The number of benzene rings is 1. The van der Waals surface area contributed by atoms with Gasteiger partial charge in [-0.25, -0.2) is 21.9 Å². The van der Waals surface area contributed by atoms with Crippen LogP contribution in [0, 0.1) is 11.3 Å². The highest BCUT2D eigenvalue weighted by molar-refractivity contribution is 7.89. The Balaban J connectivity index is 1.82. The first-order chi connectivity index (χ1) is 14.9. The second-order valence-electron chi connectivity index (χ2n) is 7.46. The van der Waals surface area contributed by atoms with E-state index in [0.717, 1.165) is 36.4 Å². The quantitative estimate of drug-likeness (QED) is 0.556. The molecule has 1 aliphatic rings. The van der Waals surface area contributed by atoms with Crippen LogP contribution in [-0.4, -0.2) is 37.4 Å². The van der Waals surface area contributed by atoms with Gasteiger partial charge in [0.25, 0.3) is 0 Å². The van der Waals surface area contributed by atoms with Gasteiger partial charge in [0.2, 0.25) is 10.0 Å². The fourth-order valence-electron chi connectivity index (χ4n) is 3.74. The number of hydrogen-bond acceptors (Lipinski definition) is 4. The number of aromatic nitrogens is 2. The summed E-state index contributed by atoms with van der Waals surface area (Å²) in [5.41, 5.74) is 2.31. The molecule has 0 amide bonds. The van der Waals surface area contributed by atoms with Crippen molar-refractivity contribution in [1.82, 2.24) is 14.3 Å². The lowest BCUT2D eigenvalue weighted by Gasteiger charge is -2.30. The molecule has 0 atom stereocenters. The van der Waals surface area contributed by atoms with E-state index in [0.29, 0.717) is 22.0 Å². The van der Waals surface area contributed by atoms with Gasteiger partial charge in [0, 0.05) is 22.6 Å². The van der Waals surface area contributed by atoms with E-state index in [1.807, 2.05) is 10.8 Å². The standard InChI is InChI=1S/C21H19ClF2N4O2S/c22-13-4-6-17-18(11-25)21(28(20(17)8-13)15-2-1-3-15)19-7-5-16(12-26-19)31(29,30)27-14(9-23)10-24/h4-8,12,14-15,27H,1-3,9-10H2. The molecule has 2 heterocycles. The minimum atomic E-state index is -4.13. The topological polar surface area (TPSA) is 87.8 Å². The predicted molar refractivity (Wildman–Crippen MR) is 114 cm³/mol. The molecule has 10 heteroatoms. The number of nitrogens with one attached hydrogen (secondary N) is 1. The average molecular weight is 465 g/mol. The molecule has 0 spiro atoms. The van der Waals surface area contributed by atoms with E-state index in [9.17, 15) is 22.5 Å². The van der Waals surface area contributed by atoms with Crippen LogP contribution in [0.3, 0.4) is 0 Å². The number of halogens is 3. The zero-order valence-electron chi connectivity index (χ0n) is 16.4. The summed E-state index contributed by atoms with van der Waals surface area (Å²) in [5, 5.41) is 11.2. The number of pyridine rings is 1. The molecule has 1 aromatic carbocycles. The molecule has 0 unspecified atom stereocenters. The van der Waals surface area contributed by atoms with Crippen molar-refractivity contribution in [2.75, 3.05) is 13.3 Å². The zero-order valence-corrected chi connectivity index (χ0v) is 17.9. The van der Waals surface area contributed by atoms with Crippen LogP contribution in [0.5, 0.6) is 0 Å². The first kappa shape index (κ1) is 21.7. The summed E-state index contributed by atoms with van der Waals surface area (Å²) >= 11 is 6.20. The summed E-state index contributed by atoms with van der Waals surface area (Å²) < 4.78 is 54.3. The third-order valence-electron chi connectivity index (χ3n) is 5.50. The predicted octanol–water partition coefficient (Wildman–Crippen LogP) is 4.54. The average Bonchev–Trinajstić information content (AvgIpc) is 3.04. The summed E-state index contributed by atoms with van der Waals surface area (Å²) in [7, 11) is -4.13. The molecule has 0 saturated heterocycles. The minimum absolute atomic E-state index is 0.194. The van der Waals surface area contributed by atoms with E-state index in [4.69, 9.17) is 11.6 Å². The first-order valence-corrected chi connectivity index (χ1v) is 11.6. The van der Waals surface area contributed by atoms with Gasteiger partial charge in [-0.3, -0.25) is 4.98 Å². The fraction of sp³-hybridized carbons (Fsp3) is 0.333. The highest BCUT2D eigenvalue weighted by atomic mass is 35.5. The summed E-state index contributed by atoms with van der Waals surface area (Å²) in [6.07, 6.45) is 4.12. The van der Waals surface area contributed by atoms with E-state index < -0.39 is 29.4 Å². The summed E-state index contributed by atoms with van der Waals surface area (Å²) in [6.45, 7) is -2.31. The third kappa shape index (κ3) is 3.91. The number of nitriles is 1. The number of sulfonamides is 1. The number of fused-ring (bicyclic) bond motifs is 1.